The van der Waals surface area contributed by atoms with Crippen molar-refractivity contribution in [2.45, 2.75) is 19.9 Å². The maximum absolute atomic E-state index is 12.6. The summed E-state index contributed by atoms with van der Waals surface area (Å²) < 4.78 is 2.25. The first-order valence-corrected chi connectivity index (χ1v) is 10.5. The fraction of sp³-hybridized carbons (Fsp3) is 0.150. The largest absolute Gasteiger partial charge is 0.302 e. The minimum absolute atomic E-state index is 0.138. The highest BCUT2D eigenvalue weighted by atomic mass is 79.9. The highest BCUT2D eigenvalue weighted by Gasteiger charge is 2.13. The van der Waals surface area contributed by atoms with Crippen molar-refractivity contribution < 1.29 is 4.79 Å². The number of halogens is 1. The molecule has 0 bridgehead atoms. The quantitative estimate of drug-likeness (QED) is 0.476. The van der Waals surface area contributed by atoms with Gasteiger partial charge >= 0.3 is 0 Å². The number of hydrogen-bond donors (Lipinski definition) is 1. The second-order valence-corrected chi connectivity index (χ2v) is 8.27. The number of nitrogens with one attached hydrogen (secondary N) is 1. The minimum atomic E-state index is -0.215. The Morgan fingerprint density at radius 1 is 1.24 bits per heavy atom. The summed E-state index contributed by atoms with van der Waals surface area (Å²) in [6.07, 6.45) is 3.33. The van der Waals surface area contributed by atoms with Crippen LogP contribution in [0.25, 0.3) is 21.5 Å². The summed E-state index contributed by atoms with van der Waals surface area (Å²) in [6, 6.07) is 11.0. The van der Waals surface area contributed by atoms with Crippen molar-refractivity contribution >= 4 is 49.2 Å². The number of thiazole rings is 1. The van der Waals surface area contributed by atoms with Gasteiger partial charge in [-0.3, -0.25) is 19.1 Å². The highest BCUT2D eigenvalue weighted by Crippen LogP contribution is 2.31. The molecule has 0 saturated carbocycles. The van der Waals surface area contributed by atoms with E-state index in [2.05, 4.69) is 36.2 Å². The number of rotatable bonds is 5. The Kier molecular flexibility index (Phi) is 5.50. The Morgan fingerprint density at radius 3 is 2.90 bits per heavy atom. The van der Waals surface area contributed by atoms with Crippen molar-refractivity contribution in [1.82, 2.24) is 19.5 Å². The topological polar surface area (TPSA) is 89.8 Å². The molecule has 0 unspecified atom stereocenters. The summed E-state index contributed by atoms with van der Waals surface area (Å²) in [6.45, 7) is 2.12. The van der Waals surface area contributed by atoms with E-state index >= 15 is 0 Å². The van der Waals surface area contributed by atoms with Crippen LogP contribution in [-0.2, 0) is 11.3 Å². The van der Waals surface area contributed by atoms with Crippen LogP contribution in [0.4, 0.5) is 5.13 Å². The molecule has 1 amide bonds. The third-order valence-electron chi connectivity index (χ3n) is 4.31. The van der Waals surface area contributed by atoms with Crippen LogP contribution in [0.2, 0.25) is 0 Å². The average molecular weight is 470 g/mol. The van der Waals surface area contributed by atoms with E-state index in [-0.39, 0.29) is 24.4 Å². The van der Waals surface area contributed by atoms with Gasteiger partial charge < -0.3 is 5.32 Å². The van der Waals surface area contributed by atoms with Gasteiger partial charge in [0.2, 0.25) is 5.91 Å². The van der Waals surface area contributed by atoms with E-state index in [0.717, 1.165) is 20.7 Å². The molecule has 29 heavy (non-hydrogen) atoms. The number of carbonyl (C=O) groups is 1. The number of aromatic nitrogens is 4. The number of amides is 1. The molecule has 4 rings (SSSR count). The van der Waals surface area contributed by atoms with Crippen molar-refractivity contribution in [2.75, 3.05) is 5.32 Å². The molecule has 146 valence electrons. The molecule has 0 aliphatic carbocycles. The van der Waals surface area contributed by atoms with Crippen molar-refractivity contribution in [3.63, 3.8) is 0 Å². The zero-order valence-electron chi connectivity index (χ0n) is 15.4. The number of nitrogens with zero attached hydrogens (tertiary/aromatic N) is 4. The van der Waals surface area contributed by atoms with E-state index in [1.165, 1.54) is 22.2 Å². The van der Waals surface area contributed by atoms with E-state index in [1.54, 1.807) is 18.3 Å². The normalized spacial score (nSPS) is 11.0. The lowest BCUT2D eigenvalue weighted by molar-refractivity contribution is -0.116. The van der Waals surface area contributed by atoms with Crippen molar-refractivity contribution in [3.05, 3.63) is 69.4 Å². The van der Waals surface area contributed by atoms with Gasteiger partial charge in [0, 0.05) is 23.6 Å². The third-order valence-corrected chi connectivity index (χ3v) is 5.89. The Morgan fingerprint density at radius 2 is 2.10 bits per heavy atom. The van der Waals surface area contributed by atoms with E-state index in [4.69, 9.17) is 0 Å². The molecule has 4 aromatic rings. The third kappa shape index (κ3) is 4.25. The first kappa shape index (κ1) is 19.4. The fourth-order valence-corrected chi connectivity index (χ4v) is 4.20. The van der Waals surface area contributed by atoms with Gasteiger partial charge in [0.1, 0.15) is 0 Å². The lowest BCUT2D eigenvalue weighted by Gasteiger charge is -2.06. The van der Waals surface area contributed by atoms with Gasteiger partial charge in [-0.15, -0.1) is 0 Å². The predicted octanol–water partition coefficient (Wildman–Crippen LogP) is 4.01. The van der Waals surface area contributed by atoms with E-state index in [9.17, 15) is 9.59 Å². The van der Waals surface area contributed by atoms with Crippen LogP contribution in [0.3, 0.4) is 0 Å². The minimum Gasteiger partial charge on any atom is -0.302 e. The molecule has 0 aliphatic heterocycles. The summed E-state index contributed by atoms with van der Waals surface area (Å²) in [7, 11) is 0. The number of aryl methyl sites for hydroxylation is 2. The molecule has 0 aliphatic rings. The Bertz CT molecular complexity index is 1250. The molecule has 1 aromatic carbocycles. The molecule has 0 saturated heterocycles. The predicted molar refractivity (Wildman–Crippen MR) is 117 cm³/mol. The molecule has 3 aromatic heterocycles. The summed E-state index contributed by atoms with van der Waals surface area (Å²) in [4.78, 5) is 38.9. The lowest BCUT2D eigenvalue weighted by atomic mass is 10.2. The van der Waals surface area contributed by atoms with Crippen molar-refractivity contribution in [2.24, 2.45) is 0 Å². The van der Waals surface area contributed by atoms with E-state index in [1.807, 2.05) is 31.2 Å². The van der Waals surface area contributed by atoms with Crippen molar-refractivity contribution in [1.29, 1.82) is 0 Å². The monoisotopic (exact) mass is 469 g/mol. The molecule has 0 spiro atoms. The van der Waals surface area contributed by atoms with Crippen molar-refractivity contribution in [3.8, 4) is 10.6 Å². The van der Waals surface area contributed by atoms with Gasteiger partial charge in [-0.05, 0) is 37.3 Å². The van der Waals surface area contributed by atoms with Gasteiger partial charge in [0.25, 0.3) is 5.56 Å². The molecular formula is C20H16BrN5O2S. The number of carbonyl (C=O) groups excluding carboxylic acids is 1. The zero-order valence-corrected chi connectivity index (χ0v) is 17.8. The maximum atomic E-state index is 12.6. The van der Waals surface area contributed by atoms with Gasteiger partial charge in [-0.2, -0.15) is 0 Å². The summed E-state index contributed by atoms with van der Waals surface area (Å²) in [5, 5.41) is 3.83. The molecule has 1 N–H and O–H groups in total. The van der Waals surface area contributed by atoms with Gasteiger partial charge in [-0.25, -0.2) is 9.97 Å². The second-order valence-electron chi connectivity index (χ2n) is 6.35. The molecular weight excluding hydrogens is 454 g/mol. The number of pyridine rings is 1. The standard InChI is InChI=1S/C20H16BrN5O2S/c1-12-18(16-4-2-3-8-22-16)29-20(24-12)25-17(27)7-9-26-11-23-15-6-5-13(21)10-14(15)19(26)28/h2-6,8,10-11H,7,9H2,1H3,(H,24,25,27). The van der Waals surface area contributed by atoms with E-state index < -0.39 is 0 Å². The lowest BCUT2D eigenvalue weighted by Crippen LogP contribution is -2.23. The van der Waals surface area contributed by atoms with Crippen LogP contribution in [-0.4, -0.2) is 25.4 Å². The van der Waals surface area contributed by atoms with Crippen LogP contribution in [0, 0.1) is 6.92 Å². The smallest absolute Gasteiger partial charge is 0.261 e. The molecule has 0 atom stereocenters. The first-order chi connectivity index (χ1) is 14.0. The maximum Gasteiger partial charge on any atom is 0.261 e. The zero-order chi connectivity index (χ0) is 20.4. The Hall–Kier alpha value is -2.91. The van der Waals surface area contributed by atoms with Gasteiger partial charge in [0.15, 0.2) is 5.13 Å². The number of hydrogen-bond acceptors (Lipinski definition) is 6. The molecule has 9 heteroatoms. The van der Waals surface area contributed by atoms with Crippen LogP contribution in [0.5, 0.6) is 0 Å². The first-order valence-electron chi connectivity index (χ1n) is 8.84. The van der Waals surface area contributed by atoms with E-state index in [0.29, 0.717) is 16.0 Å². The number of benzene rings is 1. The average Bonchev–Trinajstić information content (AvgIpc) is 3.08. The van der Waals surface area contributed by atoms with Crippen LogP contribution in [0.1, 0.15) is 12.1 Å². The second kappa shape index (κ2) is 8.22. The Balaban J connectivity index is 1.45. The molecule has 0 radical (unpaired) electrons. The fourth-order valence-electron chi connectivity index (χ4n) is 2.88. The van der Waals surface area contributed by atoms with Crippen LogP contribution in [0.15, 0.2) is 58.2 Å². The summed E-state index contributed by atoms with van der Waals surface area (Å²) in [5.74, 6) is -0.215. The summed E-state index contributed by atoms with van der Waals surface area (Å²) >= 11 is 4.74. The van der Waals surface area contributed by atoms with Gasteiger partial charge in [0.05, 0.1) is 33.5 Å². The van der Waals surface area contributed by atoms with Crippen LogP contribution < -0.4 is 10.9 Å². The molecule has 3 heterocycles. The van der Waals surface area contributed by atoms with Gasteiger partial charge in [-0.1, -0.05) is 33.3 Å². The Labute approximate surface area is 178 Å². The summed E-state index contributed by atoms with van der Waals surface area (Å²) in [5.41, 5.74) is 2.08. The van der Waals surface area contributed by atoms with Crippen LogP contribution >= 0.6 is 27.3 Å². The number of anilines is 1. The molecule has 0 fully saturated rings. The highest BCUT2D eigenvalue weighted by molar-refractivity contribution is 9.10. The number of fused-ring (bicyclic) bond motifs is 1. The molecule has 7 nitrogen and oxygen atoms in total. The SMILES string of the molecule is Cc1nc(NC(=O)CCn2cnc3ccc(Br)cc3c2=O)sc1-c1ccccn1.